The van der Waals surface area contributed by atoms with Gasteiger partial charge in [0.1, 0.15) is 5.82 Å². The Morgan fingerprint density at radius 2 is 1.84 bits per heavy atom. The van der Waals surface area contributed by atoms with Crippen molar-refractivity contribution in [3.8, 4) is 0 Å². The summed E-state index contributed by atoms with van der Waals surface area (Å²) >= 11 is 1.26. The molecule has 1 aliphatic heterocycles. The monoisotopic (exact) mass is 440 g/mol. The van der Waals surface area contributed by atoms with Crippen molar-refractivity contribution in [2.75, 3.05) is 20.2 Å². The number of benzene rings is 2. The molecule has 1 N–H and O–H groups in total. The number of halogens is 1. The number of thiophene rings is 1. The largest absolute Gasteiger partial charge is 0.380 e. The molecule has 2 heterocycles. The molecule has 3 aromatic rings. The van der Waals surface area contributed by atoms with Crippen LogP contribution in [0.2, 0.25) is 0 Å². The topological polar surface area (TPSA) is 58.6 Å². The van der Waals surface area contributed by atoms with Gasteiger partial charge in [-0.3, -0.25) is 9.59 Å². The first kappa shape index (κ1) is 21.5. The van der Waals surface area contributed by atoms with Gasteiger partial charge in [0.2, 0.25) is 0 Å². The SMILES string of the molecule is COCc1c(C(=O)NCc2ccc(C(=O)N3CCCCC3)cc2)sc2cccc(F)c12. The summed E-state index contributed by atoms with van der Waals surface area (Å²) in [4.78, 5) is 27.8. The van der Waals surface area contributed by atoms with Crippen LogP contribution in [0.15, 0.2) is 42.5 Å². The van der Waals surface area contributed by atoms with Crippen LogP contribution in [0.25, 0.3) is 10.1 Å². The average Bonchev–Trinajstić information content (AvgIpc) is 3.18. The second-order valence-corrected chi connectivity index (χ2v) is 8.74. The Balaban J connectivity index is 1.45. The number of piperidine rings is 1. The quantitative estimate of drug-likeness (QED) is 0.602. The zero-order chi connectivity index (χ0) is 21.8. The molecule has 0 atom stereocenters. The number of hydrogen-bond acceptors (Lipinski definition) is 4. The smallest absolute Gasteiger partial charge is 0.262 e. The van der Waals surface area contributed by atoms with Crippen molar-refractivity contribution in [1.82, 2.24) is 10.2 Å². The lowest BCUT2D eigenvalue weighted by Gasteiger charge is -2.26. The van der Waals surface area contributed by atoms with Crippen molar-refractivity contribution in [3.63, 3.8) is 0 Å². The number of nitrogens with zero attached hydrogens (tertiary/aromatic N) is 1. The van der Waals surface area contributed by atoms with Crippen molar-refractivity contribution in [3.05, 3.63) is 69.8 Å². The molecule has 31 heavy (non-hydrogen) atoms. The summed E-state index contributed by atoms with van der Waals surface area (Å²) < 4.78 is 20.3. The van der Waals surface area contributed by atoms with Gasteiger partial charge in [0.05, 0.1) is 11.5 Å². The van der Waals surface area contributed by atoms with Crippen LogP contribution in [-0.2, 0) is 17.9 Å². The highest BCUT2D eigenvalue weighted by atomic mass is 32.1. The Bertz CT molecular complexity index is 1090. The van der Waals surface area contributed by atoms with Crippen molar-refractivity contribution in [2.45, 2.75) is 32.4 Å². The minimum Gasteiger partial charge on any atom is -0.380 e. The lowest BCUT2D eigenvalue weighted by molar-refractivity contribution is 0.0724. The second-order valence-electron chi connectivity index (χ2n) is 7.69. The molecule has 2 aromatic carbocycles. The van der Waals surface area contributed by atoms with E-state index in [-0.39, 0.29) is 24.2 Å². The Hall–Kier alpha value is -2.77. The van der Waals surface area contributed by atoms with Crippen LogP contribution >= 0.6 is 11.3 Å². The third-order valence-corrected chi connectivity index (χ3v) is 6.75. The van der Waals surface area contributed by atoms with Gasteiger partial charge in [-0.25, -0.2) is 4.39 Å². The molecule has 0 unspecified atom stereocenters. The molecular formula is C24H25FN2O3S. The predicted molar refractivity (Wildman–Crippen MR) is 120 cm³/mol. The van der Waals surface area contributed by atoms with E-state index >= 15 is 0 Å². The molecule has 0 spiro atoms. The molecule has 162 valence electrons. The number of hydrogen-bond donors (Lipinski definition) is 1. The van der Waals surface area contributed by atoms with E-state index in [1.807, 2.05) is 29.2 Å². The first-order valence-corrected chi connectivity index (χ1v) is 11.3. The molecule has 7 heteroatoms. The van der Waals surface area contributed by atoms with E-state index in [2.05, 4.69) is 5.32 Å². The summed E-state index contributed by atoms with van der Waals surface area (Å²) in [6, 6.07) is 12.2. The summed E-state index contributed by atoms with van der Waals surface area (Å²) in [5, 5.41) is 3.35. The maximum Gasteiger partial charge on any atom is 0.262 e. The molecule has 4 rings (SSSR count). The molecule has 0 bridgehead atoms. The minimum atomic E-state index is -0.353. The third kappa shape index (κ3) is 4.62. The molecule has 0 aliphatic carbocycles. The van der Waals surface area contributed by atoms with Gasteiger partial charge in [-0.2, -0.15) is 0 Å². The number of rotatable bonds is 6. The number of ether oxygens (including phenoxy) is 1. The first-order valence-electron chi connectivity index (χ1n) is 10.4. The number of likely N-dealkylation sites (tertiary alicyclic amines) is 1. The lowest BCUT2D eigenvalue weighted by atomic mass is 10.1. The van der Waals surface area contributed by atoms with E-state index in [0.717, 1.165) is 36.2 Å². The normalized spacial score (nSPS) is 14.1. The number of methoxy groups -OCH3 is 1. The van der Waals surface area contributed by atoms with E-state index in [4.69, 9.17) is 4.74 Å². The molecule has 1 aromatic heterocycles. The third-order valence-electron chi connectivity index (χ3n) is 5.56. The van der Waals surface area contributed by atoms with Crippen LogP contribution in [0.3, 0.4) is 0 Å². The maximum atomic E-state index is 14.3. The number of nitrogens with one attached hydrogen (secondary N) is 1. The van der Waals surface area contributed by atoms with Crippen LogP contribution in [0.5, 0.6) is 0 Å². The molecule has 0 saturated carbocycles. The van der Waals surface area contributed by atoms with Gasteiger partial charge in [0.15, 0.2) is 0 Å². The van der Waals surface area contributed by atoms with Crippen LogP contribution in [0.4, 0.5) is 4.39 Å². The highest BCUT2D eigenvalue weighted by molar-refractivity contribution is 7.21. The fourth-order valence-corrected chi connectivity index (χ4v) is 5.08. The molecule has 0 radical (unpaired) electrons. The van der Waals surface area contributed by atoms with E-state index in [1.54, 1.807) is 12.1 Å². The zero-order valence-corrected chi connectivity index (χ0v) is 18.3. The van der Waals surface area contributed by atoms with E-state index in [0.29, 0.717) is 27.9 Å². The molecule has 1 saturated heterocycles. The van der Waals surface area contributed by atoms with Crippen LogP contribution < -0.4 is 5.32 Å². The van der Waals surface area contributed by atoms with Gasteiger partial charge in [-0.05, 0) is 49.1 Å². The Morgan fingerprint density at radius 1 is 1.10 bits per heavy atom. The summed E-state index contributed by atoms with van der Waals surface area (Å²) in [6.07, 6.45) is 3.30. The average molecular weight is 441 g/mol. The summed E-state index contributed by atoms with van der Waals surface area (Å²) in [5.41, 5.74) is 2.13. The van der Waals surface area contributed by atoms with Crippen LogP contribution in [0.1, 0.15) is 50.4 Å². The predicted octanol–water partition coefficient (Wildman–Crippen LogP) is 4.74. The maximum absolute atomic E-state index is 14.3. The Kier molecular flexibility index (Phi) is 6.63. The molecular weight excluding hydrogens is 415 g/mol. The standard InChI is InChI=1S/C24H25FN2O3S/c1-30-15-18-21-19(25)6-5-7-20(21)31-22(18)23(28)26-14-16-8-10-17(11-9-16)24(29)27-12-3-2-4-13-27/h5-11H,2-4,12-15H2,1H3,(H,26,28). The van der Waals surface area contributed by atoms with Crippen molar-refractivity contribution < 1.29 is 18.7 Å². The fraction of sp³-hybridized carbons (Fsp3) is 0.333. The second kappa shape index (κ2) is 9.58. The minimum absolute atomic E-state index is 0.0618. The summed E-state index contributed by atoms with van der Waals surface area (Å²) in [6.45, 7) is 2.11. The van der Waals surface area contributed by atoms with Crippen LogP contribution in [-0.4, -0.2) is 36.9 Å². The van der Waals surface area contributed by atoms with E-state index < -0.39 is 0 Å². The molecule has 5 nitrogen and oxygen atoms in total. The Morgan fingerprint density at radius 3 is 2.55 bits per heavy atom. The van der Waals surface area contributed by atoms with Crippen molar-refractivity contribution in [2.24, 2.45) is 0 Å². The van der Waals surface area contributed by atoms with Crippen molar-refractivity contribution in [1.29, 1.82) is 0 Å². The number of carbonyl (C=O) groups excluding carboxylic acids is 2. The Labute approximate surface area is 184 Å². The lowest BCUT2D eigenvalue weighted by Crippen LogP contribution is -2.35. The van der Waals surface area contributed by atoms with Gasteiger partial charge in [-0.1, -0.05) is 18.2 Å². The fourth-order valence-electron chi connectivity index (χ4n) is 3.94. The highest BCUT2D eigenvalue weighted by Crippen LogP contribution is 2.33. The van der Waals surface area contributed by atoms with Crippen molar-refractivity contribution >= 4 is 33.2 Å². The van der Waals surface area contributed by atoms with Gasteiger partial charge in [-0.15, -0.1) is 11.3 Å². The van der Waals surface area contributed by atoms with Crippen LogP contribution in [0, 0.1) is 5.82 Å². The first-order chi connectivity index (χ1) is 15.1. The highest BCUT2D eigenvalue weighted by Gasteiger charge is 2.21. The van der Waals surface area contributed by atoms with Gasteiger partial charge < -0.3 is 15.0 Å². The molecule has 1 fully saturated rings. The van der Waals surface area contributed by atoms with E-state index in [9.17, 15) is 14.0 Å². The summed E-state index contributed by atoms with van der Waals surface area (Å²) in [7, 11) is 1.53. The van der Waals surface area contributed by atoms with E-state index in [1.165, 1.54) is 30.9 Å². The van der Waals surface area contributed by atoms with Gasteiger partial charge >= 0.3 is 0 Å². The van der Waals surface area contributed by atoms with Gasteiger partial charge in [0, 0.05) is 48.0 Å². The summed E-state index contributed by atoms with van der Waals surface area (Å²) in [5.74, 6) is -0.554. The molecule has 2 amide bonds. The molecule has 1 aliphatic rings. The number of fused-ring (bicyclic) bond motifs is 1. The van der Waals surface area contributed by atoms with Gasteiger partial charge in [0.25, 0.3) is 11.8 Å². The number of carbonyl (C=O) groups is 2. The number of amides is 2. The zero-order valence-electron chi connectivity index (χ0n) is 17.4.